The molecule has 116 valence electrons. The van der Waals surface area contributed by atoms with Gasteiger partial charge in [-0.1, -0.05) is 31.4 Å². The fourth-order valence-corrected chi connectivity index (χ4v) is 3.58. The van der Waals surface area contributed by atoms with E-state index in [0.717, 1.165) is 29.4 Å². The number of halogens is 1. The molecule has 0 bridgehead atoms. The molecule has 6 heteroatoms. The monoisotopic (exact) mass is 320 g/mol. The van der Waals surface area contributed by atoms with Crippen LogP contribution < -0.4 is 0 Å². The van der Waals surface area contributed by atoms with Crippen molar-refractivity contribution in [3.63, 3.8) is 0 Å². The number of benzene rings is 1. The summed E-state index contributed by atoms with van der Waals surface area (Å²) < 4.78 is 1.65. The quantitative estimate of drug-likeness (QED) is 0.615. The van der Waals surface area contributed by atoms with Gasteiger partial charge in [-0.25, -0.2) is 0 Å². The number of nitro groups is 1. The van der Waals surface area contributed by atoms with Crippen LogP contribution in [0, 0.1) is 16.0 Å². The van der Waals surface area contributed by atoms with E-state index in [-0.39, 0.29) is 29.2 Å². The zero-order valence-corrected chi connectivity index (χ0v) is 13.0. The number of fused-ring (bicyclic) bond motifs is 3. The van der Waals surface area contributed by atoms with E-state index < -0.39 is 0 Å². The summed E-state index contributed by atoms with van der Waals surface area (Å²) in [6, 6.07) is 7.22. The molecule has 0 spiro atoms. The van der Waals surface area contributed by atoms with Crippen molar-refractivity contribution < 1.29 is 9.72 Å². The van der Waals surface area contributed by atoms with E-state index in [0.29, 0.717) is 11.4 Å². The minimum Gasteiger partial charge on any atom is -0.283 e. The second kappa shape index (κ2) is 5.72. The molecule has 0 unspecified atom stereocenters. The zero-order valence-electron chi connectivity index (χ0n) is 12.3. The number of hydrogen-bond donors (Lipinski definition) is 0. The molecule has 22 heavy (non-hydrogen) atoms. The molecule has 0 amide bonds. The first-order chi connectivity index (χ1) is 10.5. The largest absolute Gasteiger partial charge is 0.283 e. The lowest BCUT2D eigenvalue weighted by atomic mass is 9.88. The first-order valence-corrected chi connectivity index (χ1v) is 7.87. The predicted octanol–water partition coefficient (Wildman–Crippen LogP) is 4.12. The lowest BCUT2D eigenvalue weighted by molar-refractivity contribution is -0.484. The molecule has 5 nitrogen and oxygen atoms in total. The third-order valence-electron chi connectivity index (χ3n) is 4.41. The lowest BCUT2D eigenvalue weighted by Gasteiger charge is -2.13. The Morgan fingerprint density at radius 1 is 1.32 bits per heavy atom. The van der Waals surface area contributed by atoms with Crippen LogP contribution >= 0.6 is 11.6 Å². The highest BCUT2D eigenvalue weighted by Crippen LogP contribution is 2.41. The fourth-order valence-electron chi connectivity index (χ4n) is 3.40. The van der Waals surface area contributed by atoms with Crippen molar-refractivity contribution in [1.82, 2.24) is 4.57 Å². The third-order valence-corrected chi connectivity index (χ3v) is 4.64. The number of aromatic nitrogens is 1. The summed E-state index contributed by atoms with van der Waals surface area (Å²) >= 11 is 5.99. The smallest absolute Gasteiger partial charge is 0.235 e. The summed E-state index contributed by atoms with van der Waals surface area (Å²) in [6.07, 6.45) is 2.57. The Kier molecular flexibility index (Phi) is 3.91. The van der Waals surface area contributed by atoms with E-state index >= 15 is 0 Å². The molecule has 0 saturated heterocycles. The standard InChI is InChI=1S/C16H17ClN2O3/c1-2-3-4-12-13(9-18(21)22)15-8-10-7-11(17)5-6-14(10)19(15)16(12)20/h5-8,12-13H,2-4,9H2,1H3/t12-,13+/m0/s1. The molecular weight excluding hydrogens is 304 g/mol. The maximum Gasteiger partial charge on any atom is 0.235 e. The van der Waals surface area contributed by atoms with Crippen LogP contribution in [0.5, 0.6) is 0 Å². The molecular formula is C16H17ClN2O3. The van der Waals surface area contributed by atoms with E-state index in [9.17, 15) is 14.9 Å². The van der Waals surface area contributed by atoms with Crippen molar-refractivity contribution in [2.45, 2.75) is 32.1 Å². The highest BCUT2D eigenvalue weighted by molar-refractivity contribution is 6.31. The Labute approximate surface area is 133 Å². The second-order valence-electron chi connectivity index (χ2n) is 5.82. The molecule has 2 aromatic rings. The normalized spacial score (nSPS) is 20.5. The van der Waals surface area contributed by atoms with E-state index in [2.05, 4.69) is 6.92 Å². The van der Waals surface area contributed by atoms with Crippen molar-refractivity contribution >= 4 is 28.4 Å². The van der Waals surface area contributed by atoms with Gasteiger partial charge >= 0.3 is 0 Å². The van der Waals surface area contributed by atoms with Crippen LogP contribution in [0.25, 0.3) is 10.9 Å². The van der Waals surface area contributed by atoms with Crippen LogP contribution in [-0.2, 0) is 0 Å². The van der Waals surface area contributed by atoms with Gasteiger partial charge in [-0.3, -0.25) is 19.5 Å². The van der Waals surface area contributed by atoms with Gasteiger partial charge in [0.15, 0.2) is 0 Å². The van der Waals surface area contributed by atoms with Crippen LogP contribution in [0.1, 0.15) is 42.6 Å². The molecule has 2 heterocycles. The van der Waals surface area contributed by atoms with Crippen molar-refractivity contribution in [1.29, 1.82) is 0 Å². The lowest BCUT2D eigenvalue weighted by Crippen LogP contribution is -2.21. The van der Waals surface area contributed by atoms with Gasteiger partial charge in [0.25, 0.3) is 0 Å². The molecule has 0 N–H and O–H groups in total. The summed E-state index contributed by atoms with van der Waals surface area (Å²) in [6.45, 7) is 1.85. The number of carbonyl (C=O) groups excluding carboxylic acids is 1. The number of hydrogen-bond acceptors (Lipinski definition) is 3. The molecule has 0 radical (unpaired) electrons. The summed E-state index contributed by atoms with van der Waals surface area (Å²) in [5, 5.41) is 12.5. The van der Waals surface area contributed by atoms with Crippen molar-refractivity contribution in [3.05, 3.63) is 45.1 Å². The molecule has 1 aliphatic heterocycles. The number of rotatable bonds is 5. The topological polar surface area (TPSA) is 65.1 Å². The fraction of sp³-hybridized carbons (Fsp3) is 0.438. The van der Waals surface area contributed by atoms with Gasteiger partial charge in [0.1, 0.15) is 0 Å². The summed E-state index contributed by atoms with van der Waals surface area (Å²) in [7, 11) is 0. The molecule has 2 atom stereocenters. The van der Waals surface area contributed by atoms with Crippen LogP contribution in [0.3, 0.4) is 0 Å². The van der Waals surface area contributed by atoms with E-state index in [4.69, 9.17) is 11.6 Å². The Balaban J connectivity index is 2.09. The zero-order chi connectivity index (χ0) is 15.9. The minimum absolute atomic E-state index is 0.0207. The van der Waals surface area contributed by atoms with E-state index in [1.165, 1.54) is 0 Å². The van der Waals surface area contributed by atoms with Crippen molar-refractivity contribution in [2.75, 3.05) is 6.54 Å². The van der Waals surface area contributed by atoms with Gasteiger partial charge in [0.05, 0.1) is 17.4 Å². The average Bonchev–Trinajstić information content (AvgIpc) is 2.93. The highest BCUT2D eigenvalue weighted by Gasteiger charge is 2.43. The Hall–Kier alpha value is -1.88. The minimum atomic E-state index is -0.347. The van der Waals surface area contributed by atoms with Crippen molar-refractivity contribution in [3.8, 4) is 0 Å². The van der Waals surface area contributed by atoms with Gasteiger partial charge < -0.3 is 0 Å². The number of nitrogens with zero attached hydrogens (tertiary/aromatic N) is 2. The first-order valence-electron chi connectivity index (χ1n) is 7.49. The summed E-state index contributed by atoms with van der Waals surface area (Å²) in [5.74, 6) is -0.659. The van der Waals surface area contributed by atoms with E-state index in [1.54, 1.807) is 16.7 Å². The van der Waals surface area contributed by atoms with Crippen LogP contribution in [0.2, 0.25) is 5.02 Å². The van der Waals surface area contributed by atoms with Crippen LogP contribution in [0.15, 0.2) is 24.3 Å². The van der Waals surface area contributed by atoms with Crippen LogP contribution in [-0.4, -0.2) is 21.9 Å². The summed E-state index contributed by atoms with van der Waals surface area (Å²) in [4.78, 5) is 23.5. The number of unbranched alkanes of at least 4 members (excludes halogenated alkanes) is 1. The third kappa shape index (κ3) is 2.39. The Morgan fingerprint density at radius 2 is 2.09 bits per heavy atom. The molecule has 3 rings (SSSR count). The average molecular weight is 321 g/mol. The molecule has 0 fully saturated rings. The van der Waals surface area contributed by atoms with Gasteiger partial charge in [-0.15, -0.1) is 0 Å². The van der Waals surface area contributed by atoms with Crippen molar-refractivity contribution in [2.24, 2.45) is 5.92 Å². The first kappa shape index (κ1) is 15.0. The maximum absolute atomic E-state index is 12.8. The predicted molar refractivity (Wildman–Crippen MR) is 85.2 cm³/mol. The molecule has 1 aromatic carbocycles. The molecule has 0 saturated carbocycles. The SMILES string of the molecule is CCCC[C@@H]1C(=O)n2c(cc3cc(Cl)ccc32)[C@@H]1C[N+](=O)[O-]. The van der Waals surface area contributed by atoms with Crippen LogP contribution in [0.4, 0.5) is 0 Å². The summed E-state index contributed by atoms with van der Waals surface area (Å²) in [5.41, 5.74) is 1.54. The van der Waals surface area contributed by atoms with Gasteiger partial charge in [0.2, 0.25) is 12.5 Å². The highest BCUT2D eigenvalue weighted by atomic mass is 35.5. The number of carbonyl (C=O) groups is 1. The van der Waals surface area contributed by atoms with Gasteiger partial charge in [-0.05, 0) is 30.7 Å². The Bertz CT molecular complexity index is 753. The second-order valence-corrected chi connectivity index (χ2v) is 6.25. The maximum atomic E-state index is 12.8. The molecule has 0 aliphatic carbocycles. The Morgan fingerprint density at radius 3 is 2.77 bits per heavy atom. The molecule has 1 aliphatic rings. The van der Waals surface area contributed by atoms with Gasteiger partial charge in [0, 0.05) is 21.0 Å². The van der Waals surface area contributed by atoms with Gasteiger partial charge in [-0.2, -0.15) is 0 Å². The van der Waals surface area contributed by atoms with E-state index in [1.807, 2.05) is 12.1 Å². The molecule has 1 aromatic heterocycles.